The minimum absolute atomic E-state index is 0.200. The lowest BCUT2D eigenvalue weighted by Crippen LogP contribution is -2.35. The Hall–Kier alpha value is -1.13. The Morgan fingerprint density at radius 2 is 2.28 bits per heavy atom. The molecule has 1 saturated heterocycles. The molecule has 4 heteroatoms. The van der Waals surface area contributed by atoms with E-state index >= 15 is 0 Å². The monoisotopic (exact) mass is 251 g/mol. The predicted molar refractivity (Wildman–Crippen MR) is 66.0 cm³/mol. The molecular formula is C14H18FNO2. The molecule has 0 amide bonds. The van der Waals surface area contributed by atoms with Crippen molar-refractivity contribution < 1.29 is 13.9 Å². The molecule has 0 radical (unpaired) electrons. The van der Waals surface area contributed by atoms with Gasteiger partial charge in [-0.1, -0.05) is 6.42 Å². The first-order chi connectivity index (χ1) is 8.83. The maximum absolute atomic E-state index is 13.6. The van der Waals surface area contributed by atoms with E-state index in [-0.39, 0.29) is 12.6 Å². The van der Waals surface area contributed by atoms with Crippen molar-refractivity contribution in [3.8, 4) is 5.75 Å². The third-order valence-corrected chi connectivity index (χ3v) is 3.63. The zero-order chi connectivity index (χ0) is 12.4. The quantitative estimate of drug-likeness (QED) is 0.875. The number of halogens is 1. The number of fused-ring (bicyclic) bond motifs is 1. The fourth-order valence-electron chi connectivity index (χ4n) is 2.77. The van der Waals surface area contributed by atoms with Crippen molar-refractivity contribution in [1.29, 1.82) is 0 Å². The van der Waals surface area contributed by atoms with Crippen LogP contribution in [0.1, 0.15) is 30.4 Å². The maximum atomic E-state index is 13.6. The summed E-state index contributed by atoms with van der Waals surface area (Å²) in [6.07, 6.45) is 4.48. The van der Waals surface area contributed by atoms with Crippen molar-refractivity contribution in [2.24, 2.45) is 0 Å². The van der Waals surface area contributed by atoms with Crippen LogP contribution in [0, 0.1) is 5.82 Å². The van der Waals surface area contributed by atoms with Gasteiger partial charge in [0.05, 0.1) is 6.61 Å². The van der Waals surface area contributed by atoms with Crippen molar-refractivity contribution in [2.45, 2.75) is 38.3 Å². The van der Waals surface area contributed by atoms with Crippen LogP contribution in [-0.2, 0) is 17.8 Å². The number of rotatable bonds is 2. The molecule has 2 heterocycles. The highest BCUT2D eigenvalue weighted by atomic mass is 19.1. The summed E-state index contributed by atoms with van der Waals surface area (Å²) in [4.78, 5) is 0. The second kappa shape index (κ2) is 5.24. The zero-order valence-corrected chi connectivity index (χ0v) is 10.4. The number of ether oxygens (including phenoxy) is 2. The summed E-state index contributed by atoms with van der Waals surface area (Å²) in [5, 5.41) is 3.48. The average Bonchev–Trinajstić information content (AvgIpc) is 2.40. The molecule has 0 saturated carbocycles. The van der Waals surface area contributed by atoms with E-state index in [0.29, 0.717) is 12.6 Å². The average molecular weight is 251 g/mol. The molecule has 1 fully saturated rings. The van der Waals surface area contributed by atoms with Gasteiger partial charge in [0.2, 0.25) is 0 Å². The minimum atomic E-state index is -0.200. The van der Waals surface area contributed by atoms with Gasteiger partial charge in [-0.2, -0.15) is 0 Å². The van der Waals surface area contributed by atoms with Crippen LogP contribution in [0.5, 0.6) is 5.75 Å². The molecule has 3 rings (SSSR count). The molecule has 0 spiro atoms. The minimum Gasteiger partial charge on any atom is -0.467 e. The smallest absolute Gasteiger partial charge is 0.189 e. The highest BCUT2D eigenvalue weighted by Gasteiger charge is 2.20. The molecule has 18 heavy (non-hydrogen) atoms. The van der Waals surface area contributed by atoms with Gasteiger partial charge in [0.1, 0.15) is 11.6 Å². The van der Waals surface area contributed by atoms with Crippen molar-refractivity contribution in [1.82, 2.24) is 5.32 Å². The molecule has 1 atom stereocenters. The maximum Gasteiger partial charge on any atom is 0.189 e. The van der Waals surface area contributed by atoms with Gasteiger partial charge in [-0.3, -0.25) is 0 Å². The molecule has 98 valence electrons. The second-order valence-corrected chi connectivity index (χ2v) is 5.01. The van der Waals surface area contributed by atoms with E-state index in [4.69, 9.17) is 9.47 Å². The van der Waals surface area contributed by atoms with Crippen molar-refractivity contribution in [2.75, 3.05) is 13.3 Å². The second-order valence-electron chi connectivity index (χ2n) is 5.01. The van der Waals surface area contributed by atoms with Gasteiger partial charge in [0.25, 0.3) is 0 Å². The van der Waals surface area contributed by atoms with E-state index < -0.39 is 0 Å². The molecule has 0 bridgehead atoms. The summed E-state index contributed by atoms with van der Waals surface area (Å²) in [6.45, 7) is 1.77. The SMILES string of the molecule is Fc1cc2c(c(CC3CCCCN3)c1)OCOC2. The van der Waals surface area contributed by atoms with Gasteiger partial charge >= 0.3 is 0 Å². The van der Waals surface area contributed by atoms with E-state index in [9.17, 15) is 4.39 Å². The summed E-state index contributed by atoms with van der Waals surface area (Å²) < 4.78 is 24.3. The standard InChI is InChI=1S/C14H18FNO2/c15-12-5-10(7-13-3-1-2-4-16-13)14-11(6-12)8-17-9-18-14/h5-6,13,16H,1-4,7-9H2. The van der Waals surface area contributed by atoms with Gasteiger partial charge < -0.3 is 14.8 Å². The summed E-state index contributed by atoms with van der Waals surface area (Å²) in [5.41, 5.74) is 1.79. The number of hydrogen-bond acceptors (Lipinski definition) is 3. The Balaban J connectivity index is 1.83. The van der Waals surface area contributed by atoms with Gasteiger partial charge in [-0.15, -0.1) is 0 Å². The third kappa shape index (κ3) is 2.49. The van der Waals surface area contributed by atoms with E-state index in [0.717, 1.165) is 36.3 Å². The fourth-order valence-corrected chi connectivity index (χ4v) is 2.77. The van der Waals surface area contributed by atoms with Gasteiger partial charge in [0, 0.05) is 11.6 Å². The zero-order valence-electron chi connectivity index (χ0n) is 10.4. The van der Waals surface area contributed by atoms with Crippen LogP contribution >= 0.6 is 0 Å². The number of benzene rings is 1. The van der Waals surface area contributed by atoms with Crippen LogP contribution in [0.25, 0.3) is 0 Å². The number of hydrogen-bond donors (Lipinski definition) is 1. The van der Waals surface area contributed by atoms with Crippen molar-refractivity contribution >= 4 is 0 Å². The summed E-state index contributed by atoms with van der Waals surface area (Å²) in [5.74, 6) is 0.628. The lowest BCUT2D eigenvalue weighted by atomic mass is 9.96. The first-order valence-corrected chi connectivity index (χ1v) is 6.58. The summed E-state index contributed by atoms with van der Waals surface area (Å²) in [7, 11) is 0. The number of nitrogens with one attached hydrogen (secondary N) is 1. The molecule has 1 aromatic rings. The highest BCUT2D eigenvalue weighted by molar-refractivity contribution is 5.43. The lowest BCUT2D eigenvalue weighted by molar-refractivity contribution is -0.0173. The van der Waals surface area contributed by atoms with Crippen molar-refractivity contribution in [3.05, 3.63) is 29.1 Å². The van der Waals surface area contributed by atoms with E-state index in [1.807, 2.05) is 0 Å². The Bertz CT molecular complexity index is 430. The highest BCUT2D eigenvalue weighted by Crippen LogP contribution is 2.31. The Labute approximate surface area is 106 Å². The van der Waals surface area contributed by atoms with E-state index in [1.54, 1.807) is 6.07 Å². The molecule has 2 aliphatic rings. The third-order valence-electron chi connectivity index (χ3n) is 3.63. The van der Waals surface area contributed by atoms with Crippen LogP contribution in [0.4, 0.5) is 4.39 Å². The Morgan fingerprint density at radius 3 is 3.11 bits per heavy atom. The van der Waals surface area contributed by atoms with Crippen LogP contribution in [0.15, 0.2) is 12.1 Å². The topological polar surface area (TPSA) is 30.5 Å². The van der Waals surface area contributed by atoms with Crippen LogP contribution in [0.2, 0.25) is 0 Å². The van der Waals surface area contributed by atoms with E-state index in [2.05, 4.69) is 5.32 Å². The lowest BCUT2D eigenvalue weighted by Gasteiger charge is -2.26. The van der Waals surface area contributed by atoms with Crippen LogP contribution in [0.3, 0.4) is 0 Å². The van der Waals surface area contributed by atoms with Crippen LogP contribution in [-0.4, -0.2) is 19.4 Å². The summed E-state index contributed by atoms with van der Waals surface area (Å²) >= 11 is 0. The van der Waals surface area contributed by atoms with Gasteiger partial charge in [0.15, 0.2) is 6.79 Å². The molecule has 2 aliphatic heterocycles. The largest absolute Gasteiger partial charge is 0.467 e. The van der Waals surface area contributed by atoms with E-state index in [1.165, 1.54) is 18.9 Å². The molecule has 0 aromatic heterocycles. The first kappa shape index (κ1) is 11.9. The fraction of sp³-hybridized carbons (Fsp3) is 0.571. The van der Waals surface area contributed by atoms with Crippen molar-refractivity contribution in [3.63, 3.8) is 0 Å². The van der Waals surface area contributed by atoms with Gasteiger partial charge in [-0.25, -0.2) is 4.39 Å². The molecule has 0 aliphatic carbocycles. The molecule has 1 N–H and O–H groups in total. The molecule has 3 nitrogen and oxygen atoms in total. The number of piperidine rings is 1. The van der Waals surface area contributed by atoms with Crippen LogP contribution < -0.4 is 10.1 Å². The predicted octanol–water partition coefficient (Wildman–Crippen LogP) is 2.38. The van der Waals surface area contributed by atoms with Gasteiger partial charge in [-0.05, 0) is 43.5 Å². The molecule has 1 aromatic carbocycles. The Kier molecular flexibility index (Phi) is 3.48. The molecular weight excluding hydrogens is 233 g/mol. The summed E-state index contributed by atoms with van der Waals surface area (Å²) in [6, 6.07) is 3.54. The normalized spacial score (nSPS) is 23.3. The Morgan fingerprint density at radius 1 is 1.33 bits per heavy atom. The molecule has 1 unspecified atom stereocenters. The first-order valence-electron chi connectivity index (χ1n) is 6.58.